The number of anilines is 1. The second-order valence-corrected chi connectivity index (χ2v) is 7.13. The van der Waals surface area contributed by atoms with Crippen LogP contribution in [0.15, 0.2) is 24.3 Å². The Labute approximate surface area is 131 Å². The summed E-state index contributed by atoms with van der Waals surface area (Å²) in [6.07, 6.45) is 4.15. The normalized spacial score (nSPS) is 21.9. The topological polar surface area (TPSA) is 66.4 Å². The number of carboxylic acid groups (broad SMARTS) is 1. The van der Waals surface area contributed by atoms with Crippen LogP contribution in [-0.2, 0) is 9.59 Å². The molecule has 1 aromatic rings. The van der Waals surface area contributed by atoms with Crippen LogP contribution in [0.4, 0.5) is 5.69 Å². The minimum Gasteiger partial charge on any atom is -0.481 e. The Morgan fingerprint density at radius 3 is 2.45 bits per heavy atom. The third-order valence-electron chi connectivity index (χ3n) is 4.62. The number of carbonyl (C=O) groups excluding carboxylic acids is 1. The molecule has 2 unspecified atom stereocenters. The largest absolute Gasteiger partial charge is 0.481 e. The van der Waals surface area contributed by atoms with Gasteiger partial charge in [-0.2, -0.15) is 0 Å². The highest BCUT2D eigenvalue weighted by atomic mass is 16.4. The van der Waals surface area contributed by atoms with E-state index in [2.05, 4.69) is 19.2 Å². The number of amides is 1. The molecule has 2 N–H and O–H groups in total. The molecule has 4 heteroatoms. The van der Waals surface area contributed by atoms with E-state index in [1.54, 1.807) is 31.2 Å². The van der Waals surface area contributed by atoms with Gasteiger partial charge in [-0.15, -0.1) is 0 Å². The van der Waals surface area contributed by atoms with Gasteiger partial charge < -0.3 is 10.4 Å². The van der Waals surface area contributed by atoms with E-state index < -0.39 is 11.9 Å². The van der Waals surface area contributed by atoms with Crippen molar-refractivity contribution in [2.45, 2.75) is 52.4 Å². The van der Waals surface area contributed by atoms with Crippen LogP contribution in [0.25, 0.3) is 0 Å². The quantitative estimate of drug-likeness (QED) is 0.882. The number of aliphatic carboxylic acids is 1. The first kappa shape index (κ1) is 16.5. The van der Waals surface area contributed by atoms with E-state index in [0.717, 1.165) is 30.5 Å². The van der Waals surface area contributed by atoms with Crippen molar-refractivity contribution in [2.75, 3.05) is 5.32 Å². The number of carboxylic acids is 1. The zero-order chi connectivity index (χ0) is 16.3. The summed E-state index contributed by atoms with van der Waals surface area (Å²) < 4.78 is 0. The van der Waals surface area contributed by atoms with Crippen LogP contribution in [0.3, 0.4) is 0 Å². The average molecular weight is 303 g/mol. The van der Waals surface area contributed by atoms with Gasteiger partial charge in [0.05, 0.1) is 5.92 Å². The minimum absolute atomic E-state index is 0.0707. The number of benzene rings is 1. The van der Waals surface area contributed by atoms with E-state index in [4.69, 9.17) is 5.11 Å². The van der Waals surface area contributed by atoms with Gasteiger partial charge in [-0.3, -0.25) is 9.59 Å². The van der Waals surface area contributed by atoms with Gasteiger partial charge in [-0.1, -0.05) is 32.4 Å². The molecule has 1 saturated carbocycles. The van der Waals surface area contributed by atoms with Gasteiger partial charge in [0.25, 0.3) is 0 Å². The molecule has 1 fully saturated rings. The van der Waals surface area contributed by atoms with Crippen LogP contribution >= 0.6 is 0 Å². The molecule has 0 spiro atoms. The van der Waals surface area contributed by atoms with Crippen molar-refractivity contribution < 1.29 is 14.7 Å². The molecular formula is C18H25NO3. The van der Waals surface area contributed by atoms with E-state index in [1.807, 2.05) is 0 Å². The Morgan fingerprint density at radius 2 is 1.91 bits per heavy atom. The molecule has 0 radical (unpaired) electrons. The lowest BCUT2D eigenvalue weighted by Crippen LogP contribution is -2.31. The molecule has 1 aromatic carbocycles. The monoisotopic (exact) mass is 303 g/mol. The minimum atomic E-state index is -0.846. The predicted octanol–water partition coefficient (Wildman–Crippen LogP) is 4.03. The number of rotatable bonds is 4. The highest BCUT2D eigenvalue weighted by Gasteiger charge is 2.31. The standard InChI is InChI=1S/C18H25NO3/c1-12(17(21)22)13-6-8-15(9-7-13)19-16(20)14-5-4-10-18(2,3)11-14/h6-9,12,14H,4-5,10-11H2,1-3H3,(H,19,20)(H,21,22). The number of hydrogen-bond donors (Lipinski definition) is 2. The maximum Gasteiger partial charge on any atom is 0.310 e. The zero-order valence-electron chi connectivity index (χ0n) is 13.6. The highest BCUT2D eigenvalue weighted by molar-refractivity contribution is 5.92. The first-order valence-corrected chi connectivity index (χ1v) is 7.92. The summed E-state index contributed by atoms with van der Waals surface area (Å²) in [7, 11) is 0. The summed E-state index contributed by atoms with van der Waals surface area (Å²) in [4.78, 5) is 23.3. The van der Waals surface area contributed by atoms with Crippen molar-refractivity contribution in [3.8, 4) is 0 Å². The Kier molecular flexibility index (Phi) is 4.89. The lowest BCUT2D eigenvalue weighted by atomic mass is 9.72. The molecule has 2 atom stereocenters. The van der Waals surface area contributed by atoms with Crippen LogP contribution in [0.1, 0.15) is 57.9 Å². The van der Waals surface area contributed by atoms with Gasteiger partial charge in [0.1, 0.15) is 0 Å². The molecule has 0 aliphatic heterocycles. The van der Waals surface area contributed by atoms with Crippen LogP contribution < -0.4 is 5.32 Å². The van der Waals surface area contributed by atoms with Gasteiger partial charge >= 0.3 is 5.97 Å². The van der Waals surface area contributed by atoms with Crippen molar-refractivity contribution in [1.29, 1.82) is 0 Å². The summed E-state index contributed by atoms with van der Waals surface area (Å²) in [6.45, 7) is 6.09. The first-order valence-electron chi connectivity index (χ1n) is 7.92. The van der Waals surface area contributed by atoms with Gasteiger partial charge in [0.15, 0.2) is 0 Å². The third-order valence-corrected chi connectivity index (χ3v) is 4.62. The molecular weight excluding hydrogens is 278 g/mol. The molecule has 0 heterocycles. The lowest BCUT2D eigenvalue weighted by molar-refractivity contribution is -0.138. The number of carbonyl (C=O) groups is 2. The molecule has 0 aromatic heterocycles. The molecule has 1 aliphatic carbocycles. The summed E-state index contributed by atoms with van der Waals surface area (Å²) >= 11 is 0. The average Bonchev–Trinajstić information content (AvgIpc) is 2.46. The first-order chi connectivity index (χ1) is 10.3. The zero-order valence-corrected chi connectivity index (χ0v) is 13.6. The summed E-state index contributed by atoms with van der Waals surface area (Å²) in [6, 6.07) is 7.08. The number of nitrogens with one attached hydrogen (secondary N) is 1. The fourth-order valence-corrected chi connectivity index (χ4v) is 3.16. The van der Waals surface area contributed by atoms with Crippen molar-refractivity contribution in [3.63, 3.8) is 0 Å². The molecule has 1 aliphatic rings. The molecule has 1 amide bonds. The van der Waals surface area contributed by atoms with Crippen LogP contribution in [-0.4, -0.2) is 17.0 Å². The van der Waals surface area contributed by atoms with E-state index in [-0.39, 0.29) is 17.2 Å². The fraction of sp³-hybridized carbons (Fsp3) is 0.556. The van der Waals surface area contributed by atoms with Crippen LogP contribution in [0.2, 0.25) is 0 Å². The van der Waals surface area contributed by atoms with Gasteiger partial charge in [-0.25, -0.2) is 0 Å². The Hall–Kier alpha value is -1.84. The molecule has 120 valence electrons. The molecule has 4 nitrogen and oxygen atoms in total. The van der Waals surface area contributed by atoms with Crippen molar-refractivity contribution in [1.82, 2.24) is 0 Å². The smallest absolute Gasteiger partial charge is 0.310 e. The molecule has 0 saturated heterocycles. The Morgan fingerprint density at radius 1 is 1.27 bits per heavy atom. The maximum absolute atomic E-state index is 12.4. The second kappa shape index (κ2) is 6.51. The van der Waals surface area contributed by atoms with E-state index in [0.29, 0.717) is 0 Å². The fourth-order valence-electron chi connectivity index (χ4n) is 3.16. The Bertz CT molecular complexity index is 548. The van der Waals surface area contributed by atoms with Gasteiger partial charge in [0.2, 0.25) is 5.91 Å². The van der Waals surface area contributed by atoms with E-state index in [1.165, 1.54) is 6.42 Å². The van der Waals surface area contributed by atoms with E-state index >= 15 is 0 Å². The van der Waals surface area contributed by atoms with Crippen molar-refractivity contribution in [2.24, 2.45) is 11.3 Å². The van der Waals surface area contributed by atoms with Crippen molar-refractivity contribution >= 4 is 17.6 Å². The summed E-state index contributed by atoms with van der Waals surface area (Å²) in [5, 5.41) is 12.0. The summed E-state index contributed by atoms with van der Waals surface area (Å²) in [5.41, 5.74) is 1.71. The number of hydrogen-bond acceptors (Lipinski definition) is 2. The molecule has 0 bridgehead atoms. The summed E-state index contributed by atoms with van der Waals surface area (Å²) in [5.74, 6) is -1.24. The van der Waals surface area contributed by atoms with Crippen LogP contribution in [0, 0.1) is 11.3 Å². The van der Waals surface area contributed by atoms with Crippen LogP contribution in [0.5, 0.6) is 0 Å². The Balaban J connectivity index is 1.98. The highest BCUT2D eigenvalue weighted by Crippen LogP contribution is 2.38. The second-order valence-electron chi connectivity index (χ2n) is 7.13. The predicted molar refractivity (Wildman–Crippen MR) is 86.9 cm³/mol. The van der Waals surface area contributed by atoms with Crippen molar-refractivity contribution in [3.05, 3.63) is 29.8 Å². The lowest BCUT2D eigenvalue weighted by Gasteiger charge is -2.34. The van der Waals surface area contributed by atoms with Gasteiger partial charge in [-0.05, 0) is 49.3 Å². The molecule has 2 rings (SSSR count). The third kappa shape index (κ3) is 4.09. The van der Waals surface area contributed by atoms with E-state index in [9.17, 15) is 9.59 Å². The SMILES string of the molecule is CC(C(=O)O)c1ccc(NC(=O)C2CCCC(C)(C)C2)cc1. The maximum atomic E-state index is 12.4. The molecule has 22 heavy (non-hydrogen) atoms. The van der Waals surface area contributed by atoms with Gasteiger partial charge in [0, 0.05) is 11.6 Å².